The Hall–Kier alpha value is -1.55. The summed E-state index contributed by atoms with van der Waals surface area (Å²) < 4.78 is 5.18. The van der Waals surface area contributed by atoms with E-state index in [0.29, 0.717) is 12.3 Å². The smallest absolute Gasteiger partial charge is 0.220 e. The van der Waals surface area contributed by atoms with Crippen LogP contribution in [-0.4, -0.2) is 32.7 Å². The third-order valence-corrected chi connectivity index (χ3v) is 3.76. The van der Waals surface area contributed by atoms with Gasteiger partial charge in [0.1, 0.15) is 5.75 Å². The van der Waals surface area contributed by atoms with Gasteiger partial charge in [-0.15, -0.1) is 0 Å². The zero-order valence-electron chi connectivity index (χ0n) is 12.2. The van der Waals surface area contributed by atoms with Crippen LogP contribution in [0.2, 0.25) is 0 Å². The first-order chi connectivity index (χ1) is 9.78. The lowest BCUT2D eigenvalue weighted by Crippen LogP contribution is -2.38. The largest absolute Gasteiger partial charge is 0.497 e. The lowest BCUT2D eigenvalue weighted by Gasteiger charge is -2.22. The van der Waals surface area contributed by atoms with Crippen LogP contribution < -0.4 is 15.4 Å². The van der Waals surface area contributed by atoms with E-state index in [0.717, 1.165) is 37.4 Å². The highest BCUT2D eigenvalue weighted by atomic mass is 16.5. The zero-order valence-corrected chi connectivity index (χ0v) is 12.2. The molecular weight excluding hydrogens is 252 g/mol. The van der Waals surface area contributed by atoms with E-state index in [1.807, 2.05) is 24.3 Å². The molecule has 4 heteroatoms. The standard InChI is InChI=1S/C16H24N2O2/c1-20-15-6-2-4-13(10-15)7-8-16(19)18-12-14-5-3-9-17-11-14/h2,4,6,10,14,17H,3,5,7-9,11-12H2,1H3,(H,18,19). The molecule has 0 aliphatic carbocycles. The van der Waals surface area contributed by atoms with Crippen LogP contribution in [0.4, 0.5) is 0 Å². The maximum absolute atomic E-state index is 11.9. The number of rotatable bonds is 6. The molecule has 1 fully saturated rings. The molecule has 2 N–H and O–H groups in total. The van der Waals surface area contributed by atoms with Gasteiger partial charge < -0.3 is 15.4 Å². The highest BCUT2D eigenvalue weighted by Gasteiger charge is 2.13. The summed E-state index contributed by atoms with van der Waals surface area (Å²) in [6.07, 6.45) is 3.72. The number of nitrogens with one attached hydrogen (secondary N) is 2. The Balaban J connectivity index is 1.68. The van der Waals surface area contributed by atoms with Crippen molar-refractivity contribution in [3.05, 3.63) is 29.8 Å². The number of aryl methyl sites for hydroxylation is 1. The van der Waals surface area contributed by atoms with E-state index in [1.165, 1.54) is 12.8 Å². The molecule has 0 spiro atoms. The summed E-state index contributed by atoms with van der Waals surface area (Å²) in [4.78, 5) is 11.9. The normalized spacial score (nSPS) is 18.6. The Labute approximate surface area is 120 Å². The van der Waals surface area contributed by atoms with Crippen molar-refractivity contribution < 1.29 is 9.53 Å². The molecular formula is C16H24N2O2. The van der Waals surface area contributed by atoms with Gasteiger partial charge in [-0.3, -0.25) is 4.79 Å². The van der Waals surface area contributed by atoms with Crippen LogP contribution in [0.1, 0.15) is 24.8 Å². The van der Waals surface area contributed by atoms with Crippen molar-refractivity contribution in [2.24, 2.45) is 5.92 Å². The van der Waals surface area contributed by atoms with Gasteiger partial charge in [0.2, 0.25) is 5.91 Å². The van der Waals surface area contributed by atoms with Gasteiger partial charge in [0, 0.05) is 13.0 Å². The predicted molar refractivity (Wildman–Crippen MR) is 79.9 cm³/mol. The van der Waals surface area contributed by atoms with Gasteiger partial charge in [0.15, 0.2) is 0 Å². The third kappa shape index (κ3) is 4.85. The van der Waals surface area contributed by atoms with Gasteiger partial charge in [-0.25, -0.2) is 0 Å². The van der Waals surface area contributed by atoms with E-state index >= 15 is 0 Å². The molecule has 0 bridgehead atoms. The number of carbonyl (C=O) groups is 1. The molecule has 1 unspecified atom stereocenters. The number of methoxy groups -OCH3 is 1. The van der Waals surface area contributed by atoms with Crippen LogP contribution in [0, 0.1) is 5.92 Å². The minimum absolute atomic E-state index is 0.137. The molecule has 4 nitrogen and oxygen atoms in total. The second-order valence-corrected chi connectivity index (χ2v) is 5.37. The summed E-state index contributed by atoms with van der Waals surface area (Å²) in [5, 5.41) is 6.40. The van der Waals surface area contributed by atoms with E-state index in [4.69, 9.17) is 4.74 Å². The van der Waals surface area contributed by atoms with Crippen molar-refractivity contribution in [2.75, 3.05) is 26.7 Å². The van der Waals surface area contributed by atoms with Crippen LogP contribution >= 0.6 is 0 Å². The first-order valence-corrected chi connectivity index (χ1v) is 7.38. The van der Waals surface area contributed by atoms with E-state index < -0.39 is 0 Å². The van der Waals surface area contributed by atoms with Crippen molar-refractivity contribution in [1.82, 2.24) is 10.6 Å². The molecule has 1 aliphatic heterocycles. The molecule has 0 aromatic heterocycles. The summed E-state index contributed by atoms with van der Waals surface area (Å²) in [5.74, 6) is 1.57. The van der Waals surface area contributed by atoms with Crippen molar-refractivity contribution in [3.8, 4) is 5.75 Å². The Morgan fingerprint density at radius 3 is 3.15 bits per heavy atom. The minimum atomic E-state index is 0.137. The SMILES string of the molecule is COc1cccc(CCC(=O)NCC2CCCNC2)c1. The maximum Gasteiger partial charge on any atom is 0.220 e. The summed E-state index contributed by atoms with van der Waals surface area (Å²) in [5.41, 5.74) is 1.14. The second kappa shape index (κ2) is 7.90. The van der Waals surface area contributed by atoms with Crippen molar-refractivity contribution in [3.63, 3.8) is 0 Å². The molecule has 2 rings (SSSR count). The first-order valence-electron chi connectivity index (χ1n) is 7.38. The number of hydrogen-bond donors (Lipinski definition) is 2. The fraction of sp³-hybridized carbons (Fsp3) is 0.562. The molecule has 0 radical (unpaired) electrons. The molecule has 110 valence electrons. The van der Waals surface area contributed by atoms with Crippen molar-refractivity contribution in [1.29, 1.82) is 0 Å². The number of carbonyl (C=O) groups excluding carboxylic acids is 1. The van der Waals surface area contributed by atoms with Crippen molar-refractivity contribution >= 4 is 5.91 Å². The molecule has 1 atom stereocenters. The van der Waals surface area contributed by atoms with Gasteiger partial charge in [0.05, 0.1) is 7.11 Å². The van der Waals surface area contributed by atoms with Crippen molar-refractivity contribution in [2.45, 2.75) is 25.7 Å². The quantitative estimate of drug-likeness (QED) is 0.832. The number of hydrogen-bond acceptors (Lipinski definition) is 3. The Bertz CT molecular complexity index is 428. The predicted octanol–water partition coefficient (Wildman–Crippen LogP) is 1.74. The maximum atomic E-state index is 11.9. The van der Waals surface area contributed by atoms with Gasteiger partial charge in [-0.1, -0.05) is 12.1 Å². The number of benzene rings is 1. The Kier molecular flexibility index (Phi) is 5.87. The average Bonchev–Trinajstić information content (AvgIpc) is 2.52. The molecule has 1 saturated heterocycles. The fourth-order valence-corrected chi connectivity index (χ4v) is 2.53. The highest BCUT2D eigenvalue weighted by Crippen LogP contribution is 2.14. The third-order valence-electron chi connectivity index (χ3n) is 3.76. The lowest BCUT2D eigenvalue weighted by molar-refractivity contribution is -0.121. The van der Waals surface area contributed by atoms with Crippen LogP contribution in [-0.2, 0) is 11.2 Å². The highest BCUT2D eigenvalue weighted by molar-refractivity contribution is 5.76. The van der Waals surface area contributed by atoms with Crippen LogP contribution in [0.25, 0.3) is 0 Å². The summed E-state index contributed by atoms with van der Waals surface area (Å²) in [6, 6.07) is 7.89. The minimum Gasteiger partial charge on any atom is -0.497 e. The topological polar surface area (TPSA) is 50.4 Å². The second-order valence-electron chi connectivity index (χ2n) is 5.37. The first kappa shape index (κ1) is 14.9. The Morgan fingerprint density at radius 2 is 2.40 bits per heavy atom. The molecule has 1 aromatic rings. The molecule has 1 amide bonds. The summed E-state index contributed by atoms with van der Waals surface area (Å²) in [7, 11) is 1.66. The average molecular weight is 276 g/mol. The summed E-state index contributed by atoms with van der Waals surface area (Å²) in [6.45, 7) is 2.93. The summed E-state index contributed by atoms with van der Waals surface area (Å²) >= 11 is 0. The van der Waals surface area contributed by atoms with E-state index in [-0.39, 0.29) is 5.91 Å². The van der Waals surface area contributed by atoms with Crippen LogP contribution in [0.3, 0.4) is 0 Å². The van der Waals surface area contributed by atoms with Crippen LogP contribution in [0.5, 0.6) is 5.75 Å². The molecule has 0 saturated carbocycles. The lowest BCUT2D eigenvalue weighted by atomic mass is 10.00. The zero-order chi connectivity index (χ0) is 14.2. The van der Waals surface area contributed by atoms with E-state index in [2.05, 4.69) is 10.6 Å². The van der Waals surface area contributed by atoms with Gasteiger partial charge in [-0.05, 0) is 56.0 Å². The van der Waals surface area contributed by atoms with Gasteiger partial charge in [0.25, 0.3) is 0 Å². The fourth-order valence-electron chi connectivity index (χ4n) is 2.53. The Morgan fingerprint density at radius 1 is 1.50 bits per heavy atom. The van der Waals surface area contributed by atoms with E-state index in [9.17, 15) is 4.79 Å². The molecule has 1 heterocycles. The molecule has 1 aliphatic rings. The number of amides is 1. The monoisotopic (exact) mass is 276 g/mol. The van der Waals surface area contributed by atoms with Gasteiger partial charge in [-0.2, -0.15) is 0 Å². The number of ether oxygens (including phenoxy) is 1. The number of piperidine rings is 1. The molecule has 1 aromatic carbocycles. The van der Waals surface area contributed by atoms with Gasteiger partial charge >= 0.3 is 0 Å². The van der Waals surface area contributed by atoms with E-state index in [1.54, 1.807) is 7.11 Å². The van der Waals surface area contributed by atoms with Crippen LogP contribution in [0.15, 0.2) is 24.3 Å². The molecule has 20 heavy (non-hydrogen) atoms.